The van der Waals surface area contributed by atoms with Gasteiger partial charge in [-0.2, -0.15) is 13.2 Å². The van der Waals surface area contributed by atoms with E-state index >= 15 is 0 Å². The average Bonchev–Trinajstić information content (AvgIpc) is 2.47. The molecule has 0 spiro atoms. The lowest BCUT2D eigenvalue weighted by Gasteiger charge is -2.19. The second-order valence-electron chi connectivity index (χ2n) is 7.18. The summed E-state index contributed by atoms with van der Waals surface area (Å²) in [6.07, 6.45) is -3.42. The Labute approximate surface area is 160 Å². The van der Waals surface area contributed by atoms with Crippen LogP contribution in [0, 0.1) is 0 Å². The highest BCUT2D eigenvalue weighted by atomic mass is 19.4. The van der Waals surface area contributed by atoms with Gasteiger partial charge in [0.25, 0.3) is 0 Å². The quantitative estimate of drug-likeness (QED) is 0.300. The lowest BCUT2D eigenvalue weighted by molar-refractivity contribution is -0.143. The molecule has 0 saturated carbocycles. The number of aliphatic imine (C=N–C) groups is 1. The Morgan fingerprint density at radius 2 is 1.70 bits per heavy atom. The summed E-state index contributed by atoms with van der Waals surface area (Å²) >= 11 is 0. The van der Waals surface area contributed by atoms with Gasteiger partial charge in [-0.15, -0.1) is 0 Å². The number of nitrogens with zero attached hydrogens (tertiary/aromatic N) is 2. The molecule has 0 aromatic heterocycles. The number of ether oxygens (including phenoxy) is 1. The van der Waals surface area contributed by atoms with Crippen LogP contribution in [0.3, 0.4) is 0 Å². The van der Waals surface area contributed by atoms with Crippen molar-refractivity contribution in [2.24, 2.45) is 4.99 Å². The molecule has 0 heterocycles. The molecule has 3 N–H and O–H groups in total. The van der Waals surface area contributed by atoms with Crippen molar-refractivity contribution in [3.8, 4) is 0 Å². The molecule has 10 heteroatoms. The maximum Gasteiger partial charge on any atom is 0.407 e. The predicted molar refractivity (Wildman–Crippen MR) is 101 cm³/mol. The number of hydrogen-bond acceptors (Lipinski definition) is 4. The zero-order chi connectivity index (χ0) is 20.9. The predicted octanol–water partition coefficient (Wildman–Crippen LogP) is 2.34. The third-order valence-electron chi connectivity index (χ3n) is 3.08. The number of hydrogen-bond donors (Lipinski definition) is 3. The third kappa shape index (κ3) is 17.5. The second-order valence-corrected chi connectivity index (χ2v) is 7.18. The van der Waals surface area contributed by atoms with Gasteiger partial charge in [0.15, 0.2) is 5.96 Å². The third-order valence-corrected chi connectivity index (χ3v) is 3.08. The molecule has 0 aliphatic heterocycles. The monoisotopic (exact) mass is 397 g/mol. The first-order valence-corrected chi connectivity index (χ1v) is 9.17. The molecular weight excluding hydrogens is 363 g/mol. The van der Waals surface area contributed by atoms with Gasteiger partial charge in [-0.05, 0) is 54.1 Å². The number of amides is 1. The van der Waals surface area contributed by atoms with Crippen molar-refractivity contribution < 1.29 is 22.7 Å². The number of nitrogens with one attached hydrogen (secondary N) is 3. The first kappa shape index (κ1) is 25.3. The molecule has 0 aromatic rings. The Kier molecular flexibility index (Phi) is 11.8. The van der Waals surface area contributed by atoms with Gasteiger partial charge in [0.05, 0.1) is 6.54 Å². The minimum Gasteiger partial charge on any atom is -0.444 e. The summed E-state index contributed by atoms with van der Waals surface area (Å²) in [5.74, 6) is 0.605. The van der Waals surface area contributed by atoms with Gasteiger partial charge in [-0.1, -0.05) is 0 Å². The lowest BCUT2D eigenvalue weighted by atomic mass is 10.2. The van der Waals surface area contributed by atoms with E-state index in [9.17, 15) is 18.0 Å². The fourth-order valence-corrected chi connectivity index (χ4v) is 2.06. The fraction of sp³-hybridized carbons (Fsp3) is 0.882. The Balaban J connectivity index is 4.02. The van der Waals surface area contributed by atoms with Crippen LogP contribution in [0.25, 0.3) is 0 Å². The fourth-order valence-electron chi connectivity index (χ4n) is 2.06. The summed E-state index contributed by atoms with van der Waals surface area (Å²) < 4.78 is 41.9. The van der Waals surface area contributed by atoms with Gasteiger partial charge < -0.3 is 20.7 Å². The Hall–Kier alpha value is -1.71. The summed E-state index contributed by atoms with van der Waals surface area (Å²) in [6.45, 7) is 8.89. The van der Waals surface area contributed by atoms with Gasteiger partial charge in [-0.25, -0.2) is 4.79 Å². The molecule has 1 amide bonds. The van der Waals surface area contributed by atoms with E-state index in [0.717, 1.165) is 0 Å². The van der Waals surface area contributed by atoms with Crippen LogP contribution in [0.5, 0.6) is 0 Å². The van der Waals surface area contributed by atoms with E-state index in [0.29, 0.717) is 51.5 Å². The normalized spacial score (nSPS) is 12.9. The number of carbonyl (C=O) groups excluding carboxylic acids is 1. The Morgan fingerprint density at radius 1 is 1.07 bits per heavy atom. The first-order chi connectivity index (χ1) is 12.4. The zero-order valence-electron chi connectivity index (χ0n) is 17.0. The molecule has 0 bridgehead atoms. The molecule has 27 heavy (non-hydrogen) atoms. The average molecular weight is 397 g/mol. The second kappa shape index (κ2) is 12.6. The molecule has 0 aliphatic carbocycles. The van der Waals surface area contributed by atoms with Crippen molar-refractivity contribution in [2.75, 3.05) is 46.3 Å². The summed E-state index contributed by atoms with van der Waals surface area (Å²) in [7, 11) is 1.45. The van der Waals surface area contributed by atoms with E-state index in [2.05, 4.69) is 20.9 Å². The van der Waals surface area contributed by atoms with Gasteiger partial charge >= 0.3 is 12.3 Å². The van der Waals surface area contributed by atoms with Crippen LogP contribution in [-0.4, -0.2) is 75.0 Å². The van der Waals surface area contributed by atoms with Crippen LogP contribution < -0.4 is 16.0 Å². The van der Waals surface area contributed by atoms with Crippen molar-refractivity contribution in [3.05, 3.63) is 0 Å². The highest BCUT2D eigenvalue weighted by Crippen LogP contribution is 2.15. The maximum atomic E-state index is 12.3. The molecule has 0 aliphatic rings. The summed E-state index contributed by atoms with van der Waals surface area (Å²) in [6, 6.07) is 0. The SMILES string of the molecule is CCNC(=NCCCNC(=O)OC(C)(C)C)NCCCN(C)CC(F)(F)F. The topological polar surface area (TPSA) is 78.0 Å². The molecule has 0 aromatic carbocycles. The Morgan fingerprint density at radius 3 is 2.26 bits per heavy atom. The van der Waals surface area contributed by atoms with Crippen LogP contribution in [0.2, 0.25) is 0 Å². The van der Waals surface area contributed by atoms with Gasteiger partial charge in [0, 0.05) is 26.2 Å². The van der Waals surface area contributed by atoms with E-state index in [1.54, 1.807) is 20.8 Å². The van der Waals surface area contributed by atoms with Crippen LogP contribution >= 0.6 is 0 Å². The van der Waals surface area contributed by atoms with Crippen LogP contribution in [0.1, 0.15) is 40.5 Å². The van der Waals surface area contributed by atoms with Crippen molar-refractivity contribution in [1.82, 2.24) is 20.9 Å². The highest BCUT2D eigenvalue weighted by Gasteiger charge is 2.28. The molecule has 0 unspecified atom stereocenters. The number of carbonyl (C=O) groups is 1. The smallest absolute Gasteiger partial charge is 0.407 e. The molecule has 7 nitrogen and oxygen atoms in total. The van der Waals surface area contributed by atoms with E-state index in [4.69, 9.17) is 4.74 Å². The minimum absolute atomic E-state index is 0.339. The number of guanidine groups is 1. The standard InChI is InChI=1S/C17H34F3N5O2/c1-6-21-14(23-11-8-12-25(5)13-17(18,19)20)22-9-7-10-24-15(26)27-16(2,3)4/h6-13H2,1-5H3,(H,24,26)(H2,21,22,23). The summed E-state index contributed by atoms with van der Waals surface area (Å²) in [4.78, 5) is 17.1. The van der Waals surface area contributed by atoms with Crippen molar-refractivity contribution >= 4 is 12.1 Å². The highest BCUT2D eigenvalue weighted by molar-refractivity contribution is 5.79. The number of rotatable bonds is 10. The minimum atomic E-state index is -4.17. The van der Waals surface area contributed by atoms with E-state index in [1.165, 1.54) is 11.9 Å². The van der Waals surface area contributed by atoms with Gasteiger partial charge in [0.1, 0.15) is 5.60 Å². The molecule has 0 rings (SSSR count). The molecule has 0 saturated heterocycles. The number of alkyl carbamates (subject to hydrolysis) is 1. The van der Waals surface area contributed by atoms with Crippen LogP contribution in [-0.2, 0) is 4.74 Å². The first-order valence-electron chi connectivity index (χ1n) is 9.17. The summed E-state index contributed by atoms with van der Waals surface area (Å²) in [5, 5.41) is 8.82. The summed E-state index contributed by atoms with van der Waals surface area (Å²) in [5.41, 5.74) is -0.529. The molecule has 160 valence electrons. The number of alkyl halides is 3. The lowest BCUT2D eigenvalue weighted by Crippen LogP contribution is -2.39. The zero-order valence-corrected chi connectivity index (χ0v) is 17.0. The molecule has 0 fully saturated rings. The van der Waals surface area contributed by atoms with E-state index in [-0.39, 0.29) is 0 Å². The largest absolute Gasteiger partial charge is 0.444 e. The van der Waals surface area contributed by atoms with Gasteiger partial charge in [-0.3, -0.25) is 9.89 Å². The van der Waals surface area contributed by atoms with Crippen molar-refractivity contribution in [2.45, 2.75) is 52.3 Å². The molecule has 0 atom stereocenters. The van der Waals surface area contributed by atoms with Crippen molar-refractivity contribution in [1.29, 1.82) is 0 Å². The Bertz CT molecular complexity index is 451. The van der Waals surface area contributed by atoms with E-state index < -0.39 is 24.4 Å². The number of halogens is 3. The molecule has 0 radical (unpaired) electrons. The van der Waals surface area contributed by atoms with Gasteiger partial charge in [0.2, 0.25) is 0 Å². The maximum absolute atomic E-state index is 12.3. The van der Waals surface area contributed by atoms with Crippen LogP contribution in [0.15, 0.2) is 4.99 Å². The van der Waals surface area contributed by atoms with E-state index in [1.807, 2.05) is 6.92 Å². The molecular formula is C17H34F3N5O2. The van der Waals surface area contributed by atoms with Crippen molar-refractivity contribution in [3.63, 3.8) is 0 Å². The van der Waals surface area contributed by atoms with Crippen LogP contribution in [0.4, 0.5) is 18.0 Å².